The van der Waals surface area contributed by atoms with Gasteiger partial charge in [-0.25, -0.2) is 0 Å². The molecule has 3 N–H and O–H groups in total. The summed E-state index contributed by atoms with van der Waals surface area (Å²) in [6, 6.07) is 0. The predicted molar refractivity (Wildman–Crippen MR) is 102 cm³/mol. The molecule has 0 aromatic carbocycles. The van der Waals surface area contributed by atoms with Crippen molar-refractivity contribution in [2.45, 2.75) is 89.9 Å². The molecule has 4 fully saturated rings. The minimum atomic E-state index is -1.56. The van der Waals surface area contributed by atoms with Crippen LogP contribution >= 0.6 is 0 Å². The van der Waals surface area contributed by atoms with Crippen molar-refractivity contribution in [2.75, 3.05) is 0 Å². The van der Waals surface area contributed by atoms with E-state index in [0.717, 1.165) is 44.9 Å². The first-order chi connectivity index (χ1) is 12.0. The maximum absolute atomic E-state index is 10.7. The van der Waals surface area contributed by atoms with E-state index in [9.17, 15) is 15.3 Å². The fourth-order valence-electron chi connectivity index (χ4n) is 8.27. The number of aliphatic hydroxyl groups is 3. The molecule has 0 bridgehead atoms. The summed E-state index contributed by atoms with van der Waals surface area (Å²) in [4.78, 5) is 0. The van der Waals surface area contributed by atoms with E-state index in [2.05, 4.69) is 19.8 Å². The Kier molecular flexibility index (Phi) is 4.14. The van der Waals surface area contributed by atoms with Gasteiger partial charge in [-0.15, -0.1) is 6.42 Å². The Morgan fingerprint density at radius 3 is 2.27 bits per heavy atom. The number of hydrogen-bond acceptors (Lipinski definition) is 3. The summed E-state index contributed by atoms with van der Waals surface area (Å²) in [6.45, 7) is 6.36. The number of terminal acetylenes is 1. The lowest BCUT2D eigenvalue weighted by atomic mass is 9.43. The molecule has 4 rings (SSSR count). The van der Waals surface area contributed by atoms with Crippen LogP contribution in [-0.2, 0) is 0 Å². The summed E-state index contributed by atoms with van der Waals surface area (Å²) in [6.07, 6.45) is 14.9. The summed E-state index contributed by atoms with van der Waals surface area (Å²) in [5.41, 5.74) is -0.557. The van der Waals surface area contributed by atoms with Crippen molar-refractivity contribution in [2.24, 2.45) is 40.4 Å². The molecule has 0 aliphatic heterocycles. The van der Waals surface area contributed by atoms with E-state index in [1.165, 1.54) is 12.8 Å². The van der Waals surface area contributed by atoms with Crippen molar-refractivity contribution < 1.29 is 15.3 Å². The zero-order valence-electron chi connectivity index (χ0n) is 16.7. The Labute approximate surface area is 158 Å². The molecule has 0 saturated heterocycles. The van der Waals surface area contributed by atoms with Crippen LogP contribution in [0.3, 0.4) is 0 Å². The van der Waals surface area contributed by atoms with Gasteiger partial charge in [-0.1, -0.05) is 19.8 Å². The van der Waals surface area contributed by atoms with Gasteiger partial charge in [-0.05, 0) is 99.2 Å². The highest BCUT2D eigenvalue weighted by atomic mass is 16.5. The Hall–Kier alpha value is -0.560. The van der Waals surface area contributed by atoms with E-state index in [-0.39, 0.29) is 16.7 Å². The molecule has 4 aliphatic rings. The first-order valence-corrected chi connectivity index (χ1v) is 10.7. The molecule has 0 radical (unpaired) electrons. The molecule has 0 aromatic heterocycles. The molecule has 26 heavy (non-hydrogen) atoms. The fourth-order valence-corrected chi connectivity index (χ4v) is 8.27. The van der Waals surface area contributed by atoms with Crippen molar-refractivity contribution in [3.05, 3.63) is 0 Å². The second-order valence-corrected chi connectivity index (χ2v) is 10.8. The van der Waals surface area contributed by atoms with Gasteiger partial charge in [0, 0.05) is 5.92 Å². The van der Waals surface area contributed by atoms with Gasteiger partial charge in [0.2, 0.25) is 0 Å². The van der Waals surface area contributed by atoms with Crippen LogP contribution in [0, 0.1) is 52.8 Å². The first kappa shape index (κ1) is 18.8. The molecule has 146 valence electrons. The van der Waals surface area contributed by atoms with Crippen molar-refractivity contribution >= 4 is 0 Å². The summed E-state index contributed by atoms with van der Waals surface area (Å²) in [7, 11) is 0. The van der Waals surface area contributed by atoms with E-state index in [0.29, 0.717) is 23.7 Å². The highest BCUT2D eigenvalue weighted by molar-refractivity contribution is 5.16. The van der Waals surface area contributed by atoms with Crippen molar-refractivity contribution in [3.8, 4) is 12.3 Å². The van der Waals surface area contributed by atoms with Crippen LogP contribution < -0.4 is 0 Å². The second kappa shape index (κ2) is 5.72. The van der Waals surface area contributed by atoms with Gasteiger partial charge in [0.15, 0.2) is 5.79 Å². The summed E-state index contributed by atoms with van der Waals surface area (Å²) in [5.74, 6) is 3.62. The minimum Gasteiger partial charge on any atom is -0.378 e. The lowest BCUT2D eigenvalue weighted by Crippen LogP contribution is -2.56. The molecule has 4 aliphatic carbocycles. The van der Waals surface area contributed by atoms with Crippen LogP contribution in [0.25, 0.3) is 0 Å². The lowest BCUT2D eigenvalue weighted by Gasteiger charge is -2.62. The van der Waals surface area contributed by atoms with Crippen molar-refractivity contribution in [3.63, 3.8) is 0 Å². The van der Waals surface area contributed by atoms with Crippen LogP contribution in [0.2, 0.25) is 0 Å². The minimum absolute atomic E-state index is 0.00985. The first-order valence-electron chi connectivity index (χ1n) is 10.7. The van der Waals surface area contributed by atoms with Crippen molar-refractivity contribution in [1.82, 2.24) is 0 Å². The van der Waals surface area contributed by atoms with Gasteiger partial charge in [0.05, 0.1) is 0 Å². The Morgan fingerprint density at radius 1 is 0.923 bits per heavy atom. The molecular weight excluding hydrogens is 324 g/mol. The van der Waals surface area contributed by atoms with Crippen LogP contribution in [0.1, 0.15) is 78.6 Å². The highest BCUT2D eigenvalue weighted by Gasteiger charge is 2.63. The maximum Gasteiger partial charge on any atom is 0.163 e. The lowest BCUT2D eigenvalue weighted by molar-refractivity contribution is -0.223. The average Bonchev–Trinajstić information content (AvgIpc) is 2.93. The zero-order chi connectivity index (χ0) is 19.0. The third-order valence-electron chi connectivity index (χ3n) is 9.66. The molecule has 0 spiro atoms. The highest BCUT2D eigenvalue weighted by Crippen LogP contribution is 2.68. The quantitative estimate of drug-likeness (QED) is 0.493. The van der Waals surface area contributed by atoms with Gasteiger partial charge in [0.25, 0.3) is 0 Å². The standard InChI is InChI=1S/C23H36O3/c1-5-23(26)13-12-20(2)15(14-23)6-7-16-17-8-9-19(22(4,24)25)21(17,3)11-10-18(16)20/h1,15-19,24-26H,6-14H2,2-4H3/t15-,16-,17-,18-,19-,20-,21-,23+/m0/s1. The van der Waals surface area contributed by atoms with Gasteiger partial charge in [-0.3, -0.25) is 0 Å². The zero-order valence-corrected chi connectivity index (χ0v) is 16.7. The SMILES string of the molecule is C#C[C@@]1(O)CC[C@@]2(C)[C@@H](CC[C@@H]3[C@@H]2CC[C@]2(C)[C@@H](C(C)(O)O)CC[C@@H]32)C1. The van der Waals surface area contributed by atoms with Gasteiger partial charge >= 0.3 is 0 Å². The predicted octanol–water partition coefficient (Wildman–Crippen LogP) is 3.71. The topological polar surface area (TPSA) is 60.7 Å². The van der Waals surface area contributed by atoms with Crippen LogP contribution in [-0.4, -0.2) is 26.7 Å². The van der Waals surface area contributed by atoms with Crippen molar-refractivity contribution in [1.29, 1.82) is 0 Å². The van der Waals surface area contributed by atoms with Gasteiger partial charge < -0.3 is 15.3 Å². The molecule has 4 saturated carbocycles. The fraction of sp³-hybridized carbons (Fsp3) is 0.913. The average molecular weight is 361 g/mol. The maximum atomic E-state index is 10.7. The normalized spacial score (nSPS) is 54.0. The molecule has 3 heteroatoms. The van der Waals surface area contributed by atoms with E-state index in [1.807, 2.05) is 0 Å². The van der Waals surface area contributed by atoms with E-state index >= 15 is 0 Å². The van der Waals surface area contributed by atoms with Crippen LogP contribution in [0.15, 0.2) is 0 Å². The molecule has 0 unspecified atom stereocenters. The number of rotatable bonds is 1. The Balaban J connectivity index is 1.60. The van der Waals surface area contributed by atoms with Gasteiger partial charge in [-0.2, -0.15) is 0 Å². The van der Waals surface area contributed by atoms with E-state index < -0.39 is 11.4 Å². The van der Waals surface area contributed by atoms with Crippen LogP contribution in [0.5, 0.6) is 0 Å². The van der Waals surface area contributed by atoms with E-state index in [4.69, 9.17) is 6.42 Å². The molecule has 0 amide bonds. The molecule has 0 heterocycles. The Bertz CT molecular complexity index is 616. The molecule has 8 atom stereocenters. The second-order valence-electron chi connectivity index (χ2n) is 10.8. The van der Waals surface area contributed by atoms with Crippen LogP contribution in [0.4, 0.5) is 0 Å². The van der Waals surface area contributed by atoms with Gasteiger partial charge in [0.1, 0.15) is 5.60 Å². The monoisotopic (exact) mass is 360 g/mol. The van der Waals surface area contributed by atoms with E-state index in [1.54, 1.807) is 6.92 Å². The number of fused-ring (bicyclic) bond motifs is 5. The largest absolute Gasteiger partial charge is 0.378 e. The Morgan fingerprint density at radius 2 is 1.62 bits per heavy atom. The smallest absolute Gasteiger partial charge is 0.163 e. The summed E-state index contributed by atoms with van der Waals surface area (Å²) >= 11 is 0. The molecule has 0 aromatic rings. The number of hydrogen-bond donors (Lipinski definition) is 3. The third kappa shape index (κ3) is 2.52. The third-order valence-corrected chi connectivity index (χ3v) is 9.66. The molecule has 3 nitrogen and oxygen atoms in total. The molecular formula is C23H36O3. The summed E-state index contributed by atoms with van der Waals surface area (Å²) in [5, 5.41) is 31.4. The summed E-state index contributed by atoms with van der Waals surface area (Å²) < 4.78 is 0.